The summed E-state index contributed by atoms with van der Waals surface area (Å²) < 4.78 is 5.13. The van der Waals surface area contributed by atoms with Crippen LogP contribution in [0.15, 0.2) is 18.7 Å². The SMILES string of the molecule is COCC(Nc1cncnc1)C(C)C. The molecule has 4 nitrogen and oxygen atoms in total. The number of hydrogen-bond donors (Lipinski definition) is 1. The Morgan fingerprint density at radius 2 is 2.00 bits per heavy atom. The lowest BCUT2D eigenvalue weighted by molar-refractivity contribution is 0.171. The monoisotopic (exact) mass is 195 g/mol. The average molecular weight is 195 g/mol. The van der Waals surface area contributed by atoms with E-state index < -0.39 is 0 Å². The predicted molar refractivity (Wildman–Crippen MR) is 56.2 cm³/mol. The summed E-state index contributed by atoms with van der Waals surface area (Å²) in [7, 11) is 1.71. The van der Waals surface area contributed by atoms with Gasteiger partial charge in [-0.05, 0) is 5.92 Å². The van der Waals surface area contributed by atoms with Crippen molar-refractivity contribution in [3.8, 4) is 0 Å². The fourth-order valence-corrected chi connectivity index (χ4v) is 1.17. The van der Waals surface area contributed by atoms with Gasteiger partial charge >= 0.3 is 0 Å². The van der Waals surface area contributed by atoms with Gasteiger partial charge in [-0.1, -0.05) is 13.8 Å². The molecule has 4 heteroatoms. The number of aromatic nitrogens is 2. The second-order valence-corrected chi connectivity index (χ2v) is 3.58. The van der Waals surface area contributed by atoms with E-state index >= 15 is 0 Å². The topological polar surface area (TPSA) is 47.0 Å². The van der Waals surface area contributed by atoms with Crippen molar-refractivity contribution in [3.63, 3.8) is 0 Å². The fraction of sp³-hybridized carbons (Fsp3) is 0.600. The Bertz CT molecular complexity index is 251. The zero-order chi connectivity index (χ0) is 10.4. The van der Waals surface area contributed by atoms with Crippen LogP contribution in [0.3, 0.4) is 0 Å². The molecule has 0 fully saturated rings. The van der Waals surface area contributed by atoms with Crippen LogP contribution >= 0.6 is 0 Å². The minimum atomic E-state index is 0.297. The van der Waals surface area contributed by atoms with Gasteiger partial charge < -0.3 is 10.1 Å². The first-order chi connectivity index (χ1) is 6.74. The second-order valence-electron chi connectivity index (χ2n) is 3.58. The Morgan fingerprint density at radius 3 is 2.50 bits per heavy atom. The molecule has 0 aliphatic rings. The van der Waals surface area contributed by atoms with Crippen LogP contribution in [0.2, 0.25) is 0 Å². The largest absolute Gasteiger partial charge is 0.383 e. The van der Waals surface area contributed by atoms with Crippen LogP contribution in [-0.4, -0.2) is 29.7 Å². The Balaban J connectivity index is 2.55. The Kier molecular flexibility index (Phi) is 4.32. The zero-order valence-electron chi connectivity index (χ0n) is 8.90. The van der Waals surface area contributed by atoms with Crippen molar-refractivity contribution in [1.82, 2.24) is 9.97 Å². The molecule has 1 unspecified atom stereocenters. The maximum atomic E-state index is 5.13. The van der Waals surface area contributed by atoms with E-state index in [1.165, 1.54) is 6.33 Å². The molecule has 0 aliphatic heterocycles. The first-order valence-electron chi connectivity index (χ1n) is 4.74. The normalized spacial score (nSPS) is 12.9. The molecule has 0 bridgehead atoms. The summed E-state index contributed by atoms with van der Waals surface area (Å²) in [6.07, 6.45) is 5.04. The summed E-state index contributed by atoms with van der Waals surface area (Å²) in [5.41, 5.74) is 0.934. The number of nitrogens with one attached hydrogen (secondary N) is 1. The molecule has 0 radical (unpaired) electrons. The molecule has 1 aromatic rings. The highest BCUT2D eigenvalue weighted by atomic mass is 16.5. The van der Waals surface area contributed by atoms with Crippen LogP contribution in [0.4, 0.5) is 5.69 Å². The van der Waals surface area contributed by atoms with E-state index in [1.807, 2.05) is 0 Å². The lowest BCUT2D eigenvalue weighted by Crippen LogP contribution is -2.30. The lowest BCUT2D eigenvalue weighted by Gasteiger charge is -2.22. The van der Waals surface area contributed by atoms with Crippen LogP contribution in [0.25, 0.3) is 0 Å². The van der Waals surface area contributed by atoms with E-state index in [9.17, 15) is 0 Å². The van der Waals surface area contributed by atoms with Gasteiger partial charge in [0.25, 0.3) is 0 Å². The zero-order valence-corrected chi connectivity index (χ0v) is 8.90. The van der Waals surface area contributed by atoms with Crippen LogP contribution < -0.4 is 5.32 Å². The van der Waals surface area contributed by atoms with Crippen molar-refractivity contribution in [2.24, 2.45) is 5.92 Å². The smallest absolute Gasteiger partial charge is 0.115 e. The van der Waals surface area contributed by atoms with Crippen molar-refractivity contribution < 1.29 is 4.74 Å². The van der Waals surface area contributed by atoms with Crippen molar-refractivity contribution in [2.45, 2.75) is 19.9 Å². The van der Waals surface area contributed by atoms with Crippen molar-refractivity contribution >= 4 is 5.69 Å². The molecule has 0 aromatic carbocycles. The van der Waals surface area contributed by atoms with E-state index in [2.05, 4.69) is 29.1 Å². The Morgan fingerprint density at radius 1 is 1.36 bits per heavy atom. The summed E-state index contributed by atoms with van der Waals surface area (Å²) in [5, 5.41) is 3.33. The molecule has 0 amide bonds. The standard InChI is InChI=1S/C10H17N3O/c1-8(2)10(6-14-3)13-9-4-11-7-12-5-9/h4-5,7-8,10,13H,6H2,1-3H3. The molecule has 1 N–H and O–H groups in total. The van der Waals surface area contributed by atoms with Gasteiger partial charge in [0.15, 0.2) is 0 Å². The van der Waals surface area contributed by atoms with E-state index in [-0.39, 0.29) is 0 Å². The Labute approximate surface area is 84.7 Å². The highest BCUT2D eigenvalue weighted by molar-refractivity contribution is 5.38. The van der Waals surface area contributed by atoms with Crippen LogP contribution in [0, 0.1) is 5.92 Å². The molecule has 0 saturated heterocycles. The van der Waals surface area contributed by atoms with Crippen molar-refractivity contribution in [2.75, 3.05) is 19.0 Å². The van der Waals surface area contributed by atoms with Gasteiger partial charge in [0.05, 0.1) is 30.7 Å². The molecule has 78 valence electrons. The van der Waals surface area contributed by atoms with Gasteiger partial charge in [0, 0.05) is 7.11 Å². The number of ether oxygens (including phenoxy) is 1. The third-order valence-electron chi connectivity index (χ3n) is 2.06. The molecular weight excluding hydrogens is 178 g/mol. The highest BCUT2D eigenvalue weighted by Crippen LogP contribution is 2.10. The van der Waals surface area contributed by atoms with E-state index in [0.29, 0.717) is 18.6 Å². The van der Waals surface area contributed by atoms with Gasteiger partial charge in [0.2, 0.25) is 0 Å². The minimum absolute atomic E-state index is 0.297. The Hall–Kier alpha value is -1.16. The van der Waals surface area contributed by atoms with Gasteiger partial charge in [-0.25, -0.2) is 9.97 Å². The van der Waals surface area contributed by atoms with Crippen molar-refractivity contribution in [3.05, 3.63) is 18.7 Å². The molecule has 1 atom stereocenters. The van der Waals surface area contributed by atoms with E-state index in [1.54, 1.807) is 19.5 Å². The summed E-state index contributed by atoms with van der Waals surface area (Å²) in [6.45, 7) is 4.99. The van der Waals surface area contributed by atoms with Gasteiger partial charge in [-0.3, -0.25) is 0 Å². The third-order valence-corrected chi connectivity index (χ3v) is 2.06. The van der Waals surface area contributed by atoms with Gasteiger partial charge in [-0.15, -0.1) is 0 Å². The summed E-state index contributed by atoms with van der Waals surface area (Å²) >= 11 is 0. The lowest BCUT2D eigenvalue weighted by atomic mass is 10.1. The molecule has 1 rings (SSSR count). The number of methoxy groups -OCH3 is 1. The summed E-state index contributed by atoms with van der Waals surface area (Å²) in [5.74, 6) is 0.509. The third kappa shape index (κ3) is 3.30. The number of rotatable bonds is 5. The molecule has 0 spiro atoms. The molecule has 0 saturated carbocycles. The quantitative estimate of drug-likeness (QED) is 0.774. The molecular formula is C10H17N3O. The fourth-order valence-electron chi connectivity index (χ4n) is 1.17. The molecule has 1 heterocycles. The van der Waals surface area contributed by atoms with Crippen LogP contribution in [0.5, 0.6) is 0 Å². The van der Waals surface area contributed by atoms with Gasteiger partial charge in [-0.2, -0.15) is 0 Å². The first-order valence-corrected chi connectivity index (χ1v) is 4.74. The van der Waals surface area contributed by atoms with Crippen LogP contribution in [0.1, 0.15) is 13.8 Å². The highest BCUT2D eigenvalue weighted by Gasteiger charge is 2.12. The number of hydrogen-bond acceptors (Lipinski definition) is 4. The first kappa shape index (κ1) is 10.9. The summed E-state index contributed by atoms with van der Waals surface area (Å²) in [6, 6.07) is 0.297. The molecule has 0 aliphatic carbocycles. The molecule has 1 aromatic heterocycles. The number of anilines is 1. The second kappa shape index (κ2) is 5.54. The van der Waals surface area contributed by atoms with Crippen LogP contribution in [-0.2, 0) is 4.74 Å². The van der Waals surface area contributed by atoms with Gasteiger partial charge in [0.1, 0.15) is 6.33 Å². The number of nitrogens with zero attached hydrogens (tertiary/aromatic N) is 2. The maximum absolute atomic E-state index is 5.13. The summed E-state index contributed by atoms with van der Waals surface area (Å²) in [4.78, 5) is 7.89. The van der Waals surface area contributed by atoms with E-state index in [0.717, 1.165) is 5.69 Å². The predicted octanol–water partition coefficient (Wildman–Crippen LogP) is 1.56. The maximum Gasteiger partial charge on any atom is 0.115 e. The minimum Gasteiger partial charge on any atom is -0.383 e. The van der Waals surface area contributed by atoms with Crippen molar-refractivity contribution in [1.29, 1.82) is 0 Å². The average Bonchev–Trinajstić information content (AvgIpc) is 2.18. The molecule has 14 heavy (non-hydrogen) atoms. The van der Waals surface area contributed by atoms with E-state index in [4.69, 9.17) is 4.74 Å².